The van der Waals surface area contributed by atoms with Crippen molar-refractivity contribution in [1.82, 2.24) is 0 Å². The van der Waals surface area contributed by atoms with Crippen molar-refractivity contribution in [3.05, 3.63) is 84.4 Å². The Morgan fingerprint density at radius 1 is 0.731 bits per heavy atom. The number of para-hydroxylation sites is 2. The Labute approximate surface area is 160 Å². The number of nitrogens with zero attached hydrogens (tertiary/aromatic N) is 1. The van der Waals surface area contributed by atoms with Crippen LogP contribution in [-0.4, -0.2) is 24.6 Å². The number of nitrogens with one attached hydrogen (secondary N) is 1. The Hall–Kier alpha value is -2.39. The summed E-state index contributed by atoms with van der Waals surface area (Å²) in [6.45, 7) is 3.11. The van der Waals surface area contributed by atoms with Gasteiger partial charge in [0.25, 0.3) is 0 Å². The molecule has 1 aliphatic heterocycles. The van der Waals surface area contributed by atoms with Crippen molar-refractivity contribution in [2.24, 2.45) is 0 Å². The Kier molecular flexibility index (Phi) is 5.46. The minimum Gasteiger partial charge on any atom is -0.379 e. The third-order valence-corrected chi connectivity index (χ3v) is 5.74. The van der Waals surface area contributed by atoms with Crippen LogP contribution in [0.15, 0.2) is 78.9 Å². The van der Waals surface area contributed by atoms with Gasteiger partial charge in [-0.05, 0) is 28.8 Å². The standard InChI is InChI=1S/C23H24N2S/c1-2-6-20(7-3-1)21-12-10-19(11-13-21)18-24-22-8-4-5-9-23(22)25-14-16-26-17-15-25/h1-13,24H,14-18H2. The summed E-state index contributed by atoms with van der Waals surface area (Å²) in [6, 6.07) is 28.1. The highest BCUT2D eigenvalue weighted by atomic mass is 32.2. The van der Waals surface area contributed by atoms with Crippen LogP contribution in [0, 0.1) is 0 Å². The van der Waals surface area contributed by atoms with Gasteiger partial charge in [-0.25, -0.2) is 0 Å². The van der Waals surface area contributed by atoms with E-state index in [4.69, 9.17) is 0 Å². The summed E-state index contributed by atoms with van der Waals surface area (Å²) < 4.78 is 0. The van der Waals surface area contributed by atoms with Gasteiger partial charge in [-0.1, -0.05) is 66.7 Å². The molecule has 0 amide bonds. The summed E-state index contributed by atoms with van der Waals surface area (Å²) in [7, 11) is 0. The molecule has 0 aromatic heterocycles. The highest BCUT2D eigenvalue weighted by molar-refractivity contribution is 7.99. The maximum Gasteiger partial charge on any atom is 0.0602 e. The highest BCUT2D eigenvalue weighted by Crippen LogP contribution is 2.28. The predicted octanol–water partition coefficient (Wildman–Crippen LogP) is 5.52. The van der Waals surface area contributed by atoms with E-state index < -0.39 is 0 Å². The topological polar surface area (TPSA) is 15.3 Å². The second-order valence-electron chi connectivity index (χ2n) is 6.53. The van der Waals surface area contributed by atoms with E-state index in [-0.39, 0.29) is 0 Å². The van der Waals surface area contributed by atoms with Crippen LogP contribution >= 0.6 is 11.8 Å². The van der Waals surface area contributed by atoms with Crippen LogP contribution in [0.2, 0.25) is 0 Å². The SMILES string of the molecule is c1ccc(-c2ccc(CNc3ccccc3N3CCSCC3)cc2)cc1. The summed E-state index contributed by atoms with van der Waals surface area (Å²) in [5.74, 6) is 2.44. The minimum absolute atomic E-state index is 0.842. The molecule has 1 fully saturated rings. The summed E-state index contributed by atoms with van der Waals surface area (Å²) in [4.78, 5) is 2.50. The second kappa shape index (κ2) is 8.33. The first-order valence-corrected chi connectivity index (χ1v) is 10.4. The smallest absolute Gasteiger partial charge is 0.0602 e. The summed E-state index contributed by atoms with van der Waals surface area (Å²) in [5.41, 5.74) is 6.38. The molecule has 1 heterocycles. The molecule has 132 valence electrons. The Morgan fingerprint density at radius 3 is 2.15 bits per heavy atom. The molecule has 2 nitrogen and oxygen atoms in total. The molecule has 1 aliphatic rings. The molecule has 0 aliphatic carbocycles. The van der Waals surface area contributed by atoms with Crippen molar-refractivity contribution < 1.29 is 0 Å². The monoisotopic (exact) mass is 360 g/mol. The summed E-state index contributed by atoms with van der Waals surface area (Å²) in [5, 5.41) is 3.64. The average molecular weight is 361 g/mol. The van der Waals surface area contributed by atoms with Crippen LogP contribution in [0.4, 0.5) is 11.4 Å². The lowest BCUT2D eigenvalue weighted by Gasteiger charge is -2.30. The van der Waals surface area contributed by atoms with E-state index in [1.54, 1.807) is 0 Å². The molecular weight excluding hydrogens is 336 g/mol. The van der Waals surface area contributed by atoms with Crippen LogP contribution in [0.5, 0.6) is 0 Å². The van der Waals surface area contributed by atoms with Crippen LogP contribution in [-0.2, 0) is 6.54 Å². The van der Waals surface area contributed by atoms with Gasteiger partial charge in [0.05, 0.1) is 11.4 Å². The molecule has 0 bridgehead atoms. The molecule has 0 atom stereocenters. The van der Waals surface area contributed by atoms with Crippen molar-refractivity contribution in [3.63, 3.8) is 0 Å². The van der Waals surface area contributed by atoms with E-state index in [2.05, 4.69) is 89.1 Å². The van der Waals surface area contributed by atoms with E-state index in [0.717, 1.165) is 19.6 Å². The highest BCUT2D eigenvalue weighted by Gasteiger charge is 2.14. The van der Waals surface area contributed by atoms with Crippen molar-refractivity contribution in [2.45, 2.75) is 6.54 Å². The Bertz CT molecular complexity index is 824. The van der Waals surface area contributed by atoms with Crippen LogP contribution < -0.4 is 10.2 Å². The number of hydrogen-bond acceptors (Lipinski definition) is 3. The molecule has 1 N–H and O–H groups in total. The molecule has 26 heavy (non-hydrogen) atoms. The fourth-order valence-corrected chi connectivity index (χ4v) is 4.25. The van der Waals surface area contributed by atoms with Crippen LogP contribution in [0.1, 0.15) is 5.56 Å². The van der Waals surface area contributed by atoms with E-state index in [9.17, 15) is 0 Å². The molecule has 0 spiro atoms. The number of rotatable bonds is 5. The number of hydrogen-bond donors (Lipinski definition) is 1. The quantitative estimate of drug-likeness (QED) is 0.645. The molecule has 4 rings (SSSR count). The van der Waals surface area contributed by atoms with E-state index in [0.29, 0.717) is 0 Å². The van der Waals surface area contributed by atoms with Gasteiger partial charge in [0.1, 0.15) is 0 Å². The van der Waals surface area contributed by atoms with Gasteiger partial charge in [-0.2, -0.15) is 11.8 Å². The maximum absolute atomic E-state index is 3.64. The molecule has 0 saturated carbocycles. The summed E-state index contributed by atoms with van der Waals surface area (Å²) in [6.07, 6.45) is 0. The van der Waals surface area contributed by atoms with Crippen LogP contribution in [0.25, 0.3) is 11.1 Å². The minimum atomic E-state index is 0.842. The first-order valence-electron chi connectivity index (χ1n) is 9.20. The fourth-order valence-electron chi connectivity index (χ4n) is 3.35. The maximum atomic E-state index is 3.64. The Balaban J connectivity index is 1.44. The number of benzene rings is 3. The van der Waals surface area contributed by atoms with Gasteiger partial charge in [-0.15, -0.1) is 0 Å². The van der Waals surface area contributed by atoms with Crippen molar-refractivity contribution in [3.8, 4) is 11.1 Å². The lowest BCUT2D eigenvalue weighted by Crippen LogP contribution is -2.32. The normalized spacial score (nSPS) is 14.2. The zero-order chi connectivity index (χ0) is 17.6. The molecule has 3 aromatic rings. The average Bonchev–Trinajstić information content (AvgIpc) is 2.74. The second-order valence-corrected chi connectivity index (χ2v) is 7.76. The first-order chi connectivity index (χ1) is 12.9. The van der Waals surface area contributed by atoms with Crippen molar-refractivity contribution in [2.75, 3.05) is 34.8 Å². The molecule has 3 aromatic carbocycles. The van der Waals surface area contributed by atoms with E-state index >= 15 is 0 Å². The third-order valence-electron chi connectivity index (χ3n) is 4.80. The van der Waals surface area contributed by atoms with Gasteiger partial charge < -0.3 is 10.2 Å². The molecule has 3 heteroatoms. The molecule has 0 unspecified atom stereocenters. The number of thioether (sulfide) groups is 1. The third kappa shape index (κ3) is 4.05. The van der Waals surface area contributed by atoms with Gasteiger partial charge in [-0.3, -0.25) is 0 Å². The largest absolute Gasteiger partial charge is 0.379 e. The van der Waals surface area contributed by atoms with Crippen LogP contribution in [0.3, 0.4) is 0 Å². The molecule has 1 saturated heterocycles. The first kappa shape index (κ1) is 17.0. The predicted molar refractivity (Wildman–Crippen MR) is 115 cm³/mol. The Morgan fingerprint density at radius 2 is 1.38 bits per heavy atom. The van der Waals surface area contributed by atoms with E-state index in [1.165, 1.54) is 39.6 Å². The zero-order valence-electron chi connectivity index (χ0n) is 14.9. The van der Waals surface area contributed by atoms with Gasteiger partial charge in [0.2, 0.25) is 0 Å². The van der Waals surface area contributed by atoms with Gasteiger partial charge in [0.15, 0.2) is 0 Å². The van der Waals surface area contributed by atoms with Crippen molar-refractivity contribution in [1.29, 1.82) is 0 Å². The lowest BCUT2D eigenvalue weighted by molar-refractivity contribution is 0.858. The summed E-state index contributed by atoms with van der Waals surface area (Å²) >= 11 is 2.05. The van der Waals surface area contributed by atoms with E-state index in [1.807, 2.05) is 11.8 Å². The number of anilines is 2. The molecule has 0 radical (unpaired) electrons. The van der Waals surface area contributed by atoms with Gasteiger partial charge in [0, 0.05) is 31.1 Å². The fraction of sp³-hybridized carbons (Fsp3) is 0.217. The lowest BCUT2D eigenvalue weighted by atomic mass is 10.0. The van der Waals surface area contributed by atoms with Gasteiger partial charge >= 0.3 is 0 Å². The molecular formula is C23H24N2S. The zero-order valence-corrected chi connectivity index (χ0v) is 15.7. The van der Waals surface area contributed by atoms with Crippen molar-refractivity contribution >= 4 is 23.1 Å².